The van der Waals surface area contributed by atoms with Gasteiger partial charge in [-0.1, -0.05) is 36.4 Å². The molecule has 0 saturated heterocycles. The number of amides is 1. The molecule has 0 atom stereocenters. The highest BCUT2D eigenvalue weighted by molar-refractivity contribution is 5.81. The van der Waals surface area contributed by atoms with Gasteiger partial charge in [-0.3, -0.25) is 14.2 Å². The molecular weight excluding hydrogens is 342 g/mol. The highest BCUT2D eigenvalue weighted by Gasteiger charge is 2.10. The number of hydrogen-bond acceptors (Lipinski definition) is 4. The molecule has 0 saturated carbocycles. The Balaban J connectivity index is 1.69. The maximum absolute atomic E-state index is 12.6. The van der Waals surface area contributed by atoms with Crippen molar-refractivity contribution >= 4 is 16.8 Å². The molecule has 3 rings (SSSR count). The first-order valence-corrected chi connectivity index (χ1v) is 8.96. The van der Waals surface area contributed by atoms with Gasteiger partial charge >= 0.3 is 0 Å². The minimum absolute atomic E-state index is 0.0661. The summed E-state index contributed by atoms with van der Waals surface area (Å²) in [7, 11) is 0. The number of fused-ring (bicyclic) bond motifs is 1. The number of carbonyl (C=O) groups is 1. The van der Waals surface area contributed by atoms with Crippen LogP contribution in [0.15, 0.2) is 53.6 Å². The molecule has 0 aliphatic rings. The van der Waals surface area contributed by atoms with Gasteiger partial charge in [0.1, 0.15) is 6.54 Å². The highest BCUT2D eigenvalue weighted by atomic mass is 16.5. The fraction of sp³-hybridized carbons (Fsp3) is 0.286. The Morgan fingerprint density at radius 1 is 1.15 bits per heavy atom. The molecule has 1 N–H and O–H groups in total. The first-order valence-electron chi connectivity index (χ1n) is 8.96. The number of nitrogens with one attached hydrogen (secondary N) is 1. The summed E-state index contributed by atoms with van der Waals surface area (Å²) >= 11 is 0. The van der Waals surface area contributed by atoms with E-state index in [-0.39, 0.29) is 18.0 Å². The predicted octanol–water partition coefficient (Wildman–Crippen LogP) is 2.56. The van der Waals surface area contributed by atoms with Crippen molar-refractivity contribution in [2.24, 2.45) is 0 Å². The second kappa shape index (κ2) is 8.60. The number of hydrogen-bond donors (Lipinski definition) is 1. The lowest BCUT2D eigenvalue weighted by atomic mass is 10.1. The van der Waals surface area contributed by atoms with Gasteiger partial charge in [-0.2, -0.15) is 0 Å². The molecule has 6 nitrogen and oxygen atoms in total. The van der Waals surface area contributed by atoms with Crippen LogP contribution in [0.4, 0.5) is 0 Å². The Morgan fingerprint density at radius 3 is 2.70 bits per heavy atom. The number of para-hydroxylation sites is 1. The van der Waals surface area contributed by atoms with E-state index in [1.807, 2.05) is 50.2 Å². The molecule has 0 aliphatic carbocycles. The molecule has 0 bridgehead atoms. The fourth-order valence-corrected chi connectivity index (χ4v) is 2.94. The first-order chi connectivity index (χ1) is 13.1. The van der Waals surface area contributed by atoms with Crippen LogP contribution < -0.4 is 10.9 Å². The maximum atomic E-state index is 12.6. The van der Waals surface area contributed by atoms with Crippen LogP contribution in [0.1, 0.15) is 23.6 Å². The van der Waals surface area contributed by atoms with Gasteiger partial charge < -0.3 is 10.1 Å². The molecule has 0 unspecified atom stereocenters. The second-order valence-electron chi connectivity index (χ2n) is 6.33. The second-order valence-corrected chi connectivity index (χ2v) is 6.33. The van der Waals surface area contributed by atoms with Crippen molar-refractivity contribution in [3.05, 3.63) is 75.8 Å². The Labute approximate surface area is 157 Å². The van der Waals surface area contributed by atoms with Crippen molar-refractivity contribution < 1.29 is 9.53 Å². The van der Waals surface area contributed by atoms with Gasteiger partial charge in [-0.15, -0.1) is 0 Å². The molecule has 0 radical (unpaired) electrons. The number of aryl methyl sites for hydroxylation is 1. The van der Waals surface area contributed by atoms with E-state index < -0.39 is 0 Å². The number of ether oxygens (including phenoxy) is 1. The zero-order chi connectivity index (χ0) is 19.2. The standard InChI is InChI=1S/C21H23N3O3/c1-3-27-13-17-9-5-4-8-16(17)11-22-19(25)12-24-14-23-20-15(2)7-6-10-18(20)21(24)26/h4-10,14H,3,11-13H2,1-2H3,(H,22,25). The molecule has 3 aromatic rings. The minimum atomic E-state index is -0.239. The summed E-state index contributed by atoms with van der Waals surface area (Å²) in [6, 6.07) is 13.3. The minimum Gasteiger partial charge on any atom is -0.377 e. The van der Waals surface area contributed by atoms with Crippen LogP contribution in [0, 0.1) is 6.92 Å². The maximum Gasteiger partial charge on any atom is 0.261 e. The van der Waals surface area contributed by atoms with E-state index in [9.17, 15) is 9.59 Å². The zero-order valence-electron chi connectivity index (χ0n) is 15.6. The Morgan fingerprint density at radius 2 is 1.93 bits per heavy atom. The third-order valence-electron chi connectivity index (χ3n) is 4.43. The van der Waals surface area contributed by atoms with E-state index in [0.717, 1.165) is 16.7 Å². The average Bonchev–Trinajstić information content (AvgIpc) is 2.68. The van der Waals surface area contributed by atoms with Crippen molar-refractivity contribution in [1.82, 2.24) is 14.9 Å². The van der Waals surface area contributed by atoms with Crippen LogP contribution in [0.25, 0.3) is 10.9 Å². The first kappa shape index (κ1) is 18.8. The Kier molecular flexibility index (Phi) is 5.98. The lowest BCUT2D eigenvalue weighted by Crippen LogP contribution is -2.32. The molecule has 140 valence electrons. The zero-order valence-corrected chi connectivity index (χ0v) is 15.6. The van der Waals surface area contributed by atoms with E-state index >= 15 is 0 Å². The number of aromatic nitrogens is 2. The Bertz CT molecular complexity index is 1010. The van der Waals surface area contributed by atoms with Gasteiger partial charge in [0, 0.05) is 13.2 Å². The van der Waals surface area contributed by atoms with Crippen LogP contribution in [0.2, 0.25) is 0 Å². The third-order valence-corrected chi connectivity index (χ3v) is 4.43. The van der Waals surface area contributed by atoms with Gasteiger partial charge in [0.05, 0.1) is 23.8 Å². The van der Waals surface area contributed by atoms with E-state index in [1.165, 1.54) is 10.9 Å². The SMILES string of the molecule is CCOCc1ccccc1CNC(=O)Cn1cnc2c(C)cccc2c1=O. The van der Waals surface area contributed by atoms with E-state index in [4.69, 9.17) is 4.74 Å². The molecule has 27 heavy (non-hydrogen) atoms. The molecule has 2 aromatic carbocycles. The summed E-state index contributed by atoms with van der Waals surface area (Å²) < 4.78 is 6.80. The van der Waals surface area contributed by atoms with Gasteiger partial charge in [-0.25, -0.2) is 4.98 Å². The average molecular weight is 365 g/mol. The highest BCUT2D eigenvalue weighted by Crippen LogP contribution is 2.12. The van der Waals surface area contributed by atoms with Crippen molar-refractivity contribution in [2.75, 3.05) is 6.61 Å². The smallest absolute Gasteiger partial charge is 0.261 e. The summed E-state index contributed by atoms with van der Waals surface area (Å²) in [4.78, 5) is 29.3. The molecule has 1 aromatic heterocycles. The number of benzene rings is 2. The topological polar surface area (TPSA) is 73.2 Å². The van der Waals surface area contributed by atoms with E-state index in [0.29, 0.717) is 30.7 Å². The van der Waals surface area contributed by atoms with Crippen LogP contribution in [-0.4, -0.2) is 22.1 Å². The van der Waals surface area contributed by atoms with Crippen LogP contribution in [0.3, 0.4) is 0 Å². The van der Waals surface area contributed by atoms with Crippen molar-refractivity contribution in [3.8, 4) is 0 Å². The number of nitrogens with zero attached hydrogens (tertiary/aromatic N) is 2. The number of rotatable bonds is 7. The molecule has 0 spiro atoms. The van der Waals surface area contributed by atoms with Crippen molar-refractivity contribution in [3.63, 3.8) is 0 Å². The summed E-state index contributed by atoms with van der Waals surface area (Å²) in [5, 5.41) is 3.39. The van der Waals surface area contributed by atoms with Crippen LogP contribution >= 0.6 is 0 Å². The molecule has 1 amide bonds. The van der Waals surface area contributed by atoms with Crippen molar-refractivity contribution in [1.29, 1.82) is 0 Å². The largest absolute Gasteiger partial charge is 0.377 e. The Hall–Kier alpha value is -2.99. The monoisotopic (exact) mass is 365 g/mol. The van der Waals surface area contributed by atoms with Gasteiger partial charge in [0.2, 0.25) is 5.91 Å². The lowest BCUT2D eigenvalue weighted by molar-refractivity contribution is -0.121. The van der Waals surface area contributed by atoms with Gasteiger partial charge in [-0.05, 0) is 36.6 Å². The molecule has 0 fully saturated rings. The van der Waals surface area contributed by atoms with Crippen LogP contribution in [0.5, 0.6) is 0 Å². The summed E-state index contributed by atoms with van der Waals surface area (Å²) in [6.07, 6.45) is 1.43. The predicted molar refractivity (Wildman–Crippen MR) is 104 cm³/mol. The van der Waals surface area contributed by atoms with Crippen LogP contribution in [-0.2, 0) is 29.2 Å². The fourth-order valence-electron chi connectivity index (χ4n) is 2.94. The van der Waals surface area contributed by atoms with Gasteiger partial charge in [0.25, 0.3) is 5.56 Å². The molecule has 0 aliphatic heterocycles. The third kappa shape index (κ3) is 4.41. The van der Waals surface area contributed by atoms with Gasteiger partial charge in [0.15, 0.2) is 0 Å². The van der Waals surface area contributed by atoms with E-state index in [2.05, 4.69) is 10.3 Å². The summed E-state index contributed by atoms with van der Waals surface area (Å²) in [5.74, 6) is -0.239. The number of carbonyl (C=O) groups excluding carboxylic acids is 1. The molecular formula is C21H23N3O3. The quantitative estimate of drug-likeness (QED) is 0.698. The van der Waals surface area contributed by atoms with Crippen molar-refractivity contribution in [2.45, 2.75) is 33.5 Å². The molecule has 1 heterocycles. The lowest BCUT2D eigenvalue weighted by Gasteiger charge is -2.12. The molecule has 6 heteroatoms. The normalized spacial score (nSPS) is 10.9. The summed E-state index contributed by atoms with van der Waals surface area (Å²) in [6.45, 7) is 5.32. The van der Waals surface area contributed by atoms with E-state index in [1.54, 1.807) is 6.07 Å². The summed E-state index contributed by atoms with van der Waals surface area (Å²) in [5.41, 5.74) is 3.44.